The number of hydrogen-bond donors (Lipinski definition) is 0. The molecule has 6 rings (SSSR count). The van der Waals surface area contributed by atoms with Gasteiger partial charge in [0.2, 0.25) is 5.95 Å². The molecule has 0 radical (unpaired) electrons. The fraction of sp³-hybridized carbons (Fsp3) is 0.381. The number of rotatable bonds is 3. The molecule has 152 valence electrons. The zero-order valence-corrected chi connectivity index (χ0v) is 17.4. The van der Waals surface area contributed by atoms with Gasteiger partial charge in [0.25, 0.3) is 0 Å². The monoisotopic (exact) mass is 418 g/mol. The van der Waals surface area contributed by atoms with Crippen LogP contribution in [0.25, 0.3) is 15.9 Å². The summed E-state index contributed by atoms with van der Waals surface area (Å²) in [6.07, 6.45) is 6.62. The van der Waals surface area contributed by atoms with Gasteiger partial charge >= 0.3 is 0 Å². The predicted octanol–water partition coefficient (Wildman–Crippen LogP) is 2.87. The highest BCUT2D eigenvalue weighted by atomic mass is 32.1. The molecule has 2 aliphatic rings. The smallest absolute Gasteiger partial charge is 0.250 e. The van der Waals surface area contributed by atoms with Crippen LogP contribution in [0.2, 0.25) is 0 Å². The normalized spacial score (nSPS) is 16.8. The predicted molar refractivity (Wildman–Crippen MR) is 118 cm³/mol. The number of anilines is 2. The Bertz CT molecular complexity index is 1180. The Morgan fingerprint density at radius 2 is 1.67 bits per heavy atom. The van der Waals surface area contributed by atoms with Crippen molar-refractivity contribution in [2.75, 3.05) is 36.0 Å². The Morgan fingerprint density at radius 1 is 0.867 bits per heavy atom. The number of benzene rings is 1. The van der Waals surface area contributed by atoms with Crippen molar-refractivity contribution in [1.82, 2.24) is 30.2 Å². The SMILES string of the molecule is c1ccc(-n2nnnc2N2CCN(c3ncnc4sc5c(c34)CCCC5)CC2)cc1. The van der Waals surface area contributed by atoms with Gasteiger partial charge < -0.3 is 9.80 Å². The quantitative estimate of drug-likeness (QED) is 0.506. The highest BCUT2D eigenvalue weighted by Gasteiger charge is 2.27. The Morgan fingerprint density at radius 3 is 2.53 bits per heavy atom. The Labute approximate surface area is 178 Å². The van der Waals surface area contributed by atoms with E-state index in [1.807, 2.05) is 46.4 Å². The van der Waals surface area contributed by atoms with Crippen LogP contribution in [0.15, 0.2) is 36.7 Å². The molecule has 8 nitrogen and oxygen atoms in total. The molecule has 1 saturated heterocycles. The number of piperazine rings is 1. The molecule has 9 heteroatoms. The fourth-order valence-corrected chi connectivity index (χ4v) is 5.77. The number of hydrogen-bond acceptors (Lipinski definition) is 8. The fourth-order valence-electron chi connectivity index (χ4n) is 4.55. The maximum absolute atomic E-state index is 4.72. The van der Waals surface area contributed by atoms with Crippen LogP contribution in [0, 0.1) is 0 Å². The third kappa shape index (κ3) is 2.92. The van der Waals surface area contributed by atoms with Crippen LogP contribution in [0.4, 0.5) is 11.8 Å². The van der Waals surface area contributed by atoms with E-state index < -0.39 is 0 Å². The molecule has 0 atom stereocenters. The van der Waals surface area contributed by atoms with E-state index in [0.29, 0.717) is 0 Å². The van der Waals surface area contributed by atoms with Crippen LogP contribution in [0.3, 0.4) is 0 Å². The average Bonchev–Trinajstić information content (AvgIpc) is 3.45. The Balaban J connectivity index is 1.27. The van der Waals surface area contributed by atoms with E-state index in [1.54, 1.807) is 6.33 Å². The largest absolute Gasteiger partial charge is 0.352 e. The number of aromatic nitrogens is 6. The van der Waals surface area contributed by atoms with E-state index in [4.69, 9.17) is 4.98 Å². The molecular weight excluding hydrogens is 396 g/mol. The second-order valence-electron chi connectivity index (χ2n) is 7.79. The lowest BCUT2D eigenvalue weighted by atomic mass is 9.97. The van der Waals surface area contributed by atoms with Crippen molar-refractivity contribution in [3.63, 3.8) is 0 Å². The summed E-state index contributed by atoms with van der Waals surface area (Å²) in [7, 11) is 0. The maximum Gasteiger partial charge on any atom is 0.250 e. The van der Waals surface area contributed by atoms with Gasteiger partial charge in [0.05, 0.1) is 11.1 Å². The van der Waals surface area contributed by atoms with E-state index >= 15 is 0 Å². The zero-order chi connectivity index (χ0) is 19.9. The minimum absolute atomic E-state index is 0.793. The first kappa shape index (κ1) is 17.8. The molecule has 4 aromatic rings. The van der Waals surface area contributed by atoms with E-state index in [2.05, 4.69) is 30.3 Å². The lowest BCUT2D eigenvalue weighted by Gasteiger charge is -2.35. The molecule has 1 aliphatic heterocycles. The summed E-state index contributed by atoms with van der Waals surface area (Å²) in [5, 5.41) is 13.7. The van der Waals surface area contributed by atoms with E-state index in [0.717, 1.165) is 54.9 Å². The lowest BCUT2D eigenvalue weighted by molar-refractivity contribution is 0.627. The zero-order valence-electron chi connectivity index (χ0n) is 16.6. The third-order valence-corrected chi connectivity index (χ3v) is 7.25. The first-order chi connectivity index (χ1) is 14.9. The van der Waals surface area contributed by atoms with Gasteiger partial charge in [-0.25, -0.2) is 9.97 Å². The summed E-state index contributed by atoms with van der Waals surface area (Å²) in [4.78, 5) is 16.6. The molecule has 1 aromatic carbocycles. The molecule has 0 spiro atoms. The van der Waals surface area contributed by atoms with E-state index in [1.165, 1.54) is 35.1 Å². The van der Waals surface area contributed by atoms with Crippen LogP contribution in [-0.4, -0.2) is 56.4 Å². The molecule has 1 aliphatic carbocycles. The van der Waals surface area contributed by atoms with Crippen molar-refractivity contribution in [3.05, 3.63) is 47.1 Å². The van der Waals surface area contributed by atoms with Crippen molar-refractivity contribution in [1.29, 1.82) is 0 Å². The van der Waals surface area contributed by atoms with Gasteiger partial charge in [0, 0.05) is 31.1 Å². The van der Waals surface area contributed by atoms with E-state index in [9.17, 15) is 0 Å². The second-order valence-corrected chi connectivity index (χ2v) is 8.87. The van der Waals surface area contributed by atoms with Crippen molar-refractivity contribution < 1.29 is 0 Å². The molecule has 4 heterocycles. The van der Waals surface area contributed by atoms with Crippen molar-refractivity contribution in [2.24, 2.45) is 0 Å². The van der Waals surface area contributed by atoms with Gasteiger partial charge in [-0.05, 0) is 53.8 Å². The van der Waals surface area contributed by atoms with Gasteiger partial charge in [-0.15, -0.1) is 11.3 Å². The van der Waals surface area contributed by atoms with Crippen molar-refractivity contribution >= 4 is 33.3 Å². The van der Waals surface area contributed by atoms with Crippen LogP contribution in [0.1, 0.15) is 23.3 Å². The maximum atomic E-state index is 4.72. The minimum atomic E-state index is 0.793. The number of tetrazole rings is 1. The number of nitrogens with zero attached hydrogens (tertiary/aromatic N) is 8. The van der Waals surface area contributed by atoms with Crippen LogP contribution in [-0.2, 0) is 12.8 Å². The standard InChI is InChI=1S/C21H22N8S/c1-2-6-15(7-3-1)29-21(24-25-26-29)28-12-10-27(11-13-28)19-18-16-8-4-5-9-17(16)30-20(18)23-14-22-19/h1-3,6-7,14H,4-5,8-13H2. The van der Waals surface area contributed by atoms with E-state index in [-0.39, 0.29) is 0 Å². The number of para-hydroxylation sites is 1. The van der Waals surface area contributed by atoms with Crippen LogP contribution < -0.4 is 9.80 Å². The molecule has 0 bridgehead atoms. The Kier molecular flexibility index (Phi) is 4.33. The van der Waals surface area contributed by atoms with Gasteiger partial charge in [-0.2, -0.15) is 4.68 Å². The highest BCUT2D eigenvalue weighted by Crippen LogP contribution is 2.39. The van der Waals surface area contributed by atoms with Crippen LogP contribution >= 0.6 is 11.3 Å². The van der Waals surface area contributed by atoms with Crippen molar-refractivity contribution in [2.45, 2.75) is 25.7 Å². The number of aryl methyl sites for hydroxylation is 2. The van der Waals surface area contributed by atoms with Crippen molar-refractivity contribution in [3.8, 4) is 5.69 Å². The molecular formula is C21H22N8S. The summed E-state index contributed by atoms with van der Waals surface area (Å²) in [5.41, 5.74) is 2.47. The summed E-state index contributed by atoms with van der Waals surface area (Å²) in [6.45, 7) is 3.48. The number of thiophene rings is 1. The highest BCUT2D eigenvalue weighted by molar-refractivity contribution is 7.19. The van der Waals surface area contributed by atoms with Gasteiger partial charge in [0.1, 0.15) is 17.0 Å². The summed E-state index contributed by atoms with van der Waals surface area (Å²) in [5.74, 6) is 1.89. The first-order valence-corrected chi connectivity index (χ1v) is 11.3. The summed E-state index contributed by atoms with van der Waals surface area (Å²) < 4.78 is 1.81. The van der Waals surface area contributed by atoms with Crippen LogP contribution in [0.5, 0.6) is 0 Å². The second kappa shape index (κ2) is 7.32. The van der Waals surface area contributed by atoms with Gasteiger partial charge in [-0.1, -0.05) is 23.3 Å². The third-order valence-electron chi connectivity index (χ3n) is 6.05. The topological polar surface area (TPSA) is 75.9 Å². The first-order valence-electron chi connectivity index (χ1n) is 10.5. The molecule has 30 heavy (non-hydrogen) atoms. The molecule has 0 N–H and O–H groups in total. The molecule has 3 aromatic heterocycles. The Hall–Kier alpha value is -3.07. The molecule has 0 saturated carbocycles. The number of fused-ring (bicyclic) bond motifs is 3. The molecule has 0 unspecified atom stereocenters. The lowest BCUT2D eigenvalue weighted by Crippen LogP contribution is -2.47. The summed E-state index contributed by atoms with van der Waals surface area (Å²) in [6, 6.07) is 10.0. The van der Waals surface area contributed by atoms with Gasteiger partial charge in [0.15, 0.2) is 0 Å². The average molecular weight is 419 g/mol. The van der Waals surface area contributed by atoms with Gasteiger partial charge in [-0.3, -0.25) is 0 Å². The minimum Gasteiger partial charge on any atom is -0.352 e. The molecule has 0 amide bonds. The summed E-state index contributed by atoms with van der Waals surface area (Å²) >= 11 is 1.86. The molecule has 1 fully saturated rings.